The van der Waals surface area contributed by atoms with Crippen LogP contribution in [0.5, 0.6) is 0 Å². The largest absolute Gasteiger partial charge is 0.373 e. The van der Waals surface area contributed by atoms with Crippen LogP contribution in [0.1, 0.15) is 36.2 Å². The minimum atomic E-state index is -0.0210. The lowest BCUT2D eigenvalue weighted by Crippen LogP contribution is -2.46. The molecule has 0 aliphatic carbocycles. The molecule has 0 bridgehead atoms. The quantitative estimate of drug-likeness (QED) is 0.774. The molecule has 1 aromatic rings. The number of nitrogens with zero attached hydrogens (tertiary/aromatic N) is 1. The summed E-state index contributed by atoms with van der Waals surface area (Å²) < 4.78 is 5.72. The van der Waals surface area contributed by atoms with Gasteiger partial charge in [-0.1, -0.05) is 12.1 Å². The first kappa shape index (κ1) is 19.9. The molecule has 3 N–H and O–H groups in total. The summed E-state index contributed by atoms with van der Waals surface area (Å²) in [6.45, 7) is 8.34. The molecule has 0 saturated carbocycles. The van der Waals surface area contributed by atoms with Gasteiger partial charge in [-0.15, -0.1) is 12.4 Å². The van der Waals surface area contributed by atoms with E-state index in [1.165, 1.54) is 0 Å². The van der Waals surface area contributed by atoms with Crippen LogP contribution < -0.4 is 11.1 Å². The third-order valence-corrected chi connectivity index (χ3v) is 3.88. The molecule has 2 atom stereocenters. The average Bonchev–Trinajstić information content (AvgIpc) is 2.50. The van der Waals surface area contributed by atoms with Crippen molar-refractivity contribution in [1.29, 1.82) is 0 Å². The van der Waals surface area contributed by atoms with Crippen LogP contribution in [-0.2, 0) is 11.3 Å². The van der Waals surface area contributed by atoms with E-state index < -0.39 is 0 Å². The molecule has 0 aromatic heterocycles. The van der Waals surface area contributed by atoms with Gasteiger partial charge in [-0.25, -0.2) is 0 Å². The highest BCUT2D eigenvalue weighted by Gasteiger charge is 2.21. The van der Waals surface area contributed by atoms with Gasteiger partial charge in [-0.2, -0.15) is 0 Å². The normalized spacial score (nSPS) is 21.5. The highest BCUT2D eigenvalue weighted by Crippen LogP contribution is 2.10. The van der Waals surface area contributed by atoms with Crippen LogP contribution >= 0.6 is 12.4 Å². The molecule has 0 radical (unpaired) electrons. The Kier molecular flexibility index (Phi) is 8.55. The molecule has 130 valence electrons. The maximum atomic E-state index is 12.0. The van der Waals surface area contributed by atoms with E-state index in [0.717, 1.165) is 31.6 Å². The molecule has 1 aliphatic rings. The standard InChI is InChI=1S/C17H27N3O2.ClH/c1-13-11-20(12-14(2)22-13)9-3-8-19-17(21)16-6-4-15(10-18)5-7-16;/h4-7,13-14H,3,8-12,18H2,1-2H3,(H,19,21);1H. The summed E-state index contributed by atoms with van der Waals surface area (Å²) in [7, 11) is 0. The third-order valence-electron chi connectivity index (χ3n) is 3.88. The van der Waals surface area contributed by atoms with Gasteiger partial charge in [0.05, 0.1) is 12.2 Å². The number of rotatable bonds is 6. The van der Waals surface area contributed by atoms with Crippen LogP contribution in [0.2, 0.25) is 0 Å². The second kappa shape index (κ2) is 9.88. The van der Waals surface area contributed by atoms with E-state index in [0.29, 0.717) is 30.9 Å². The minimum Gasteiger partial charge on any atom is -0.373 e. The Labute approximate surface area is 145 Å². The summed E-state index contributed by atoms with van der Waals surface area (Å²) in [6.07, 6.45) is 1.53. The van der Waals surface area contributed by atoms with Crippen LogP contribution in [0.15, 0.2) is 24.3 Å². The number of halogens is 1. The summed E-state index contributed by atoms with van der Waals surface area (Å²) in [5.41, 5.74) is 7.27. The molecular weight excluding hydrogens is 314 g/mol. The zero-order valence-electron chi connectivity index (χ0n) is 14.0. The SMILES string of the molecule is CC1CN(CCCNC(=O)c2ccc(CN)cc2)CC(C)O1.Cl. The van der Waals surface area contributed by atoms with Crippen molar-refractivity contribution >= 4 is 18.3 Å². The Morgan fingerprint density at radius 1 is 1.26 bits per heavy atom. The predicted octanol–water partition coefficient (Wildman–Crippen LogP) is 1.80. The van der Waals surface area contributed by atoms with E-state index in [1.807, 2.05) is 24.3 Å². The van der Waals surface area contributed by atoms with Crippen LogP contribution in [0.25, 0.3) is 0 Å². The van der Waals surface area contributed by atoms with Gasteiger partial charge in [-0.3, -0.25) is 9.69 Å². The topological polar surface area (TPSA) is 67.6 Å². The molecule has 6 heteroatoms. The number of nitrogens with two attached hydrogens (primary N) is 1. The van der Waals surface area contributed by atoms with E-state index in [-0.39, 0.29) is 18.3 Å². The molecule has 23 heavy (non-hydrogen) atoms. The van der Waals surface area contributed by atoms with Gasteiger partial charge in [0.2, 0.25) is 0 Å². The predicted molar refractivity (Wildman–Crippen MR) is 95.0 cm³/mol. The van der Waals surface area contributed by atoms with Gasteiger partial charge in [0.1, 0.15) is 0 Å². The number of hydrogen-bond acceptors (Lipinski definition) is 4. The van der Waals surface area contributed by atoms with Gasteiger partial charge < -0.3 is 15.8 Å². The van der Waals surface area contributed by atoms with E-state index in [1.54, 1.807) is 0 Å². The zero-order chi connectivity index (χ0) is 15.9. The fraction of sp³-hybridized carbons (Fsp3) is 0.588. The maximum absolute atomic E-state index is 12.0. The Balaban J connectivity index is 0.00000264. The van der Waals surface area contributed by atoms with Crippen LogP contribution in [0, 0.1) is 0 Å². The summed E-state index contributed by atoms with van der Waals surface area (Å²) in [5, 5.41) is 2.97. The Bertz CT molecular complexity index is 471. The number of amides is 1. The summed E-state index contributed by atoms with van der Waals surface area (Å²) in [5.74, 6) is -0.0210. The van der Waals surface area contributed by atoms with Crippen molar-refractivity contribution in [2.45, 2.75) is 39.0 Å². The van der Waals surface area contributed by atoms with Gasteiger partial charge in [0.15, 0.2) is 0 Å². The number of morpholine rings is 1. The van der Waals surface area contributed by atoms with E-state index in [4.69, 9.17) is 10.5 Å². The van der Waals surface area contributed by atoms with Crippen molar-refractivity contribution in [2.75, 3.05) is 26.2 Å². The zero-order valence-corrected chi connectivity index (χ0v) is 14.8. The number of nitrogens with one attached hydrogen (secondary N) is 1. The summed E-state index contributed by atoms with van der Waals surface area (Å²) in [4.78, 5) is 14.4. The smallest absolute Gasteiger partial charge is 0.251 e. The monoisotopic (exact) mass is 341 g/mol. The Hall–Kier alpha value is -1.14. The van der Waals surface area contributed by atoms with Crippen molar-refractivity contribution in [3.63, 3.8) is 0 Å². The van der Waals surface area contributed by atoms with Crippen LogP contribution in [-0.4, -0.2) is 49.2 Å². The number of hydrogen-bond donors (Lipinski definition) is 2. The summed E-state index contributed by atoms with van der Waals surface area (Å²) >= 11 is 0. The first-order valence-corrected chi connectivity index (χ1v) is 8.03. The van der Waals surface area contributed by atoms with Crippen molar-refractivity contribution in [1.82, 2.24) is 10.2 Å². The lowest BCUT2D eigenvalue weighted by Gasteiger charge is -2.35. The maximum Gasteiger partial charge on any atom is 0.251 e. The molecule has 1 saturated heterocycles. The molecule has 1 aromatic carbocycles. The first-order chi connectivity index (χ1) is 10.6. The molecule has 0 spiro atoms. The Morgan fingerprint density at radius 3 is 2.43 bits per heavy atom. The fourth-order valence-electron chi connectivity index (χ4n) is 2.87. The lowest BCUT2D eigenvalue weighted by molar-refractivity contribution is -0.0679. The van der Waals surface area contributed by atoms with Crippen molar-refractivity contribution in [2.24, 2.45) is 5.73 Å². The third kappa shape index (κ3) is 6.47. The minimum absolute atomic E-state index is 0. The van der Waals surface area contributed by atoms with Gasteiger partial charge in [-0.05, 0) is 38.0 Å². The van der Waals surface area contributed by atoms with Crippen LogP contribution in [0.3, 0.4) is 0 Å². The van der Waals surface area contributed by atoms with Gasteiger partial charge in [0.25, 0.3) is 5.91 Å². The number of benzene rings is 1. The molecule has 1 aliphatic heterocycles. The molecular formula is C17H28ClN3O2. The van der Waals surface area contributed by atoms with E-state index in [2.05, 4.69) is 24.1 Å². The lowest BCUT2D eigenvalue weighted by atomic mass is 10.1. The van der Waals surface area contributed by atoms with Crippen molar-refractivity contribution in [3.05, 3.63) is 35.4 Å². The number of carbonyl (C=O) groups excluding carboxylic acids is 1. The second-order valence-electron chi connectivity index (χ2n) is 6.03. The average molecular weight is 342 g/mol. The first-order valence-electron chi connectivity index (χ1n) is 8.03. The van der Waals surface area contributed by atoms with Gasteiger partial charge in [0, 0.05) is 38.3 Å². The Morgan fingerprint density at radius 2 is 1.87 bits per heavy atom. The number of carbonyl (C=O) groups is 1. The molecule has 5 nitrogen and oxygen atoms in total. The van der Waals surface area contributed by atoms with Crippen LogP contribution in [0.4, 0.5) is 0 Å². The van der Waals surface area contributed by atoms with E-state index >= 15 is 0 Å². The molecule has 2 unspecified atom stereocenters. The second-order valence-corrected chi connectivity index (χ2v) is 6.03. The highest BCUT2D eigenvalue weighted by atomic mass is 35.5. The highest BCUT2D eigenvalue weighted by molar-refractivity contribution is 5.94. The summed E-state index contributed by atoms with van der Waals surface area (Å²) in [6, 6.07) is 7.43. The fourth-order valence-corrected chi connectivity index (χ4v) is 2.87. The van der Waals surface area contributed by atoms with E-state index in [9.17, 15) is 4.79 Å². The molecule has 1 amide bonds. The number of ether oxygens (including phenoxy) is 1. The molecule has 2 rings (SSSR count). The molecule has 1 fully saturated rings. The van der Waals surface area contributed by atoms with Gasteiger partial charge >= 0.3 is 0 Å². The molecule has 1 heterocycles. The van der Waals surface area contributed by atoms with Crippen molar-refractivity contribution < 1.29 is 9.53 Å². The van der Waals surface area contributed by atoms with Crippen molar-refractivity contribution in [3.8, 4) is 0 Å².